The number of hydrogen-bond acceptors (Lipinski definition) is 8. The molecule has 0 aromatic rings. The van der Waals surface area contributed by atoms with Gasteiger partial charge in [0.05, 0.1) is 20.6 Å². The molecule has 9 heteroatoms. The third kappa shape index (κ3) is 5.32. The molecular weight excluding hydrogens is 310 g/mol. The van der Waals surface area contributed by atoms with E-state index in [2.05, 4.69) is 4.74 Å². The lowest BCUT2D eigenvalue weighted by Crippen LogP contribution is -2.65. The smallest absolute Gasteiger partial charge is 0.469 e. The van der Waals surface area contributed by atoms with E-state index in [0.717, 1.165) is 0 Å². The molecule has 0 heterocycles. The minimum absolute atomic E-state index is 0.169. The molecule has 0 bridgehead atoms. The van der Waals surface area contributed by atoms with Gasteiger partial charge in [-0.25, -0.2) is 4.57 Å². The lowest BCUT2D eigenvalue weighted by Gasteiger charge is -2.39. The van der Waals surface area contributed by atoms with Crippen LogP contribution in [0.15, 0.2) is 0 Å². The van der Waals surface area contributed by atoms with Crippen LogP contribution in [0.3, 0.4) is 0 Å². The van der Waals surface area contributed by atoms with Gasteiger partial charge in [0, 0.05) is 20.8 Å². The van der Waals surface area contributed by atoms with Crippen molar-refractivity contribution in [1.29, 1.82) is 0 Å². The molecule has 0 aromatic carbocycles. The fraction of sp³-hybridized carbons (Fsp3) is 0.846. The molecule has 22 heavy (non-hydrogen) atoms. The molecule has 0 N–H and O–H groups in total. The van der Waals surface area contributed by atoms with Crippen LogP contribution in [-0.4, -0.2) is 73.1 Å². The maximum absolute atomic E-state index is 12.1. The number of hydrogen-bond donors (Lipinski definition) is 0. The fourth-order valence-corrected chi connectivity index (χ4v) is 4.60. The molecule has 130 valence electrons. The number of methoxy groups -OCH3 is 2. The molecule has 8 nitrogen and oxygen atoms in total. The molecule has 0 rings (SSSR count). The summed E-state index contributed by atoms with van der Waals surface area (Å²) in [5, 5.41) is 0. The monoisotopic (exact) mass is 337 g/mol. The van der Waals surface area contributed by atoms with Gasteiger partial charge < -0.3 is 22.8 Å². The van der Waals surface area contributed by atoms with E-state index in [1.807, 2.05) is 6.92 Å². The van der Waals surface area contributed by atoms with Crippen molar-refractivity contribution in [3.63, 3.8) is 0 Å². The Bertz CT molecular complexity index is 349. The number of carbonyl (C=O) groups is 2. The molecule has 0 saturated carbocycles. The van der Waals surface area contributed by atoms with Crippen LogP contribution in [-0.2, 0) is 32.3 Å². The van der Waals surface area contributed by atoms with E-state index in [4.69, 9.17) is 18.0 Å². The lowest BCUT2D eigenvalue weighted by molar-refractivity contribution is -0.153. The van der Waals surface area contributed by atoms with E-state index in [1.54, 1.807) is 11.5 Å². The third-order valence-electron chi connectivity index (χ3n) is 3.10. The van der Waals surface area contributed by atoms with Crippen molar-refractivity contribution >= 4 is 20.9 Å². The molecule has 0 fully saturated rings. The molecule has 0 aromatic heterocycles. The topological polar surface area (TPSA) is 83.5 Å². The maximum atomic E-state index is 12.1. The van der Waals surface area contributed by atoms with Crippen LogP contribution in [0, 0.1) is 0 Å². The predicted molar refractivity (Wildman–Crippen MR) is 80.8 cm³/mol. The minimum Gasteiger partial charge on any atom is -0.469 e. The molecule has 1 unspecified atom stereocenters. The summed E-state index contributed by atoms with van der Waals surface area (Å²) in [6.45, 7) is 4.54. The van der Waals surface area contributed by atoms with Gasteiger partial charge in [-0.3, -0.25) is 9.59 Å². The Balaban J connectivity index is 5.66. The Morgan fingerprint density at radius 1 is 1.05 bits per heavy atom. The highest BCUT2D eigenvalue weighted by molar-refractivity contribution is 6.58. The van der Waals surface area contributed by atoms with Crippen LogP contribution < -0.4 is 0 Å². The van der Waals surface area contributed by atoms with Crippen LogP contribution >= 0.6 is 0 Å². The second-order valence-electron chi connectivity index (χ2n) is 4.38. The van der Waals surface area contributed by atoms with Crippen molar-refractivity contribution < 1.29 is 32.3 Å². The van der Waals surface area contributed by atoms with E-state index in [1.165, 1.54) is 28.4 Å². The van der Waals surface area contributed by atoms with E-state index >= 15 is 0 Å². The summed E-state index contributed by atoms with van der Waals surface area (Å²) in [5.41, 5.74) is 0. The molecule has 0 radical (unpaired) electrons. The van der Waals surface area contributed by atoms with Gasteiger partial charge in [-0.05, 0) is 19.9 Å². The normalized spacial score (nSPS) is 13.0. The van der Waals surface area contributed by atoms with Crippen molar-refractivity contribution in [2.45, 2.75) is 32.7 Å². The largest absolute Gasteiger partial charge is 0.599 e. The van der Waals surface area contributed by atoms with Gasteiger partial charge in [-0.15, -0.1) is 0 Å². The van der Waals surface area contributed by atoms with Crippen LogP contribution in [0.25, 0.3) is 0 Å². The van der Waals surface area contributed by atoms with E-state index in [0.29, 0.717) is 19.6 Å². The van der Waals surface area contributed by atoms with Gasteiger partial charge in [0.1, 0.15) is 6.04 Å². The standard InChI is InChI=1S/C13H27NO7Si/c1-7-9-14(22(19-5,20-6)21-8-2)11(13(16)18-4)10-12(15)17-3/h11H,7-10H2,1-6H3. The number of esters is 2. The quantitative estimate of drug-likeness (QED) is 0.400. The van der Waals surface area contributed by atoms with E-state index < -0.39 is 26.9 Å². The zero-order chi connectivity index (χ0) is 17.2. The lowest BCUT2D eigenvalue weighted by atomic mass is 10.2. The second kappa shape index (κ2) is 10.7. The van der Waals surface area contributed by atoms with Crippen molar-refractivity contribution in [2.24, 2.45) is 0 Å². The van der Waals surface area contributed by atoms with Gasteiger partial charge in [-0.1, -0.05) is 6.92 Å². The van der Waals surface area contributed by atoms with Gasteiger partial charge in [0.25, 0.3) is 0 Å². The molecule has 0 saturated heterocycles. The van der Waals surface area contributed by atoms with Crippen LogP contribution in [0.2, 0.25) is 0 Å². The van der Waals surface area contributed by atoms with Crippen LogP contribution in [0.1, 0.15) is 26.7 Å². The van der Waals surface area contributed by atoms with Crippen molar-refractivity contribution in [1.82, 2.24) is 4.57 Å². The first kappa shape index (κ1) is 21.0. The summed E-state index contributed by atoms with van der Waals surface area (Å²) in [4.78, 5) is 23.8. The number of rotatable bonds is 11. The molecule has 0 aliphatic heterocycles. The Hall–Kier alpha value is -1.00. The third-order valence-corrected chi connectivity index (χ3v) is 6.02. The Morgan fingerprint density at radius 3 is 2.00 bits per heavy atom. The number of nitrogens with zero attached hydrogens (tertiary/aromatic N) is 1. The van der Waals surface area contributed by atoms with Gasteiger partial charge in [-0.2, -0.15) is 0 Å². The summed E-state index contributed by atoms with van der Waals surface area (Å²) < 4.78 is 27.8. The average Bonchev–Trinajstić information content (AvgIpc) is 2.55. The van der Waals surface area contributed by atoms with Crippen molar-refractivity contribution in [3.8, 4) is 0 Å². The number of carbonyl (C=O) groups excluding carboxylic acids is 2. The first-order valence-electron chi connectivity index (χ1n) is 7.11. The molecule has 0 amide bonds. The zero-order valence-electron chi connectivity index (χ0n) is 14.2. The molecular formula is C13H27NO7Si. The average molecular weight is 337 g/mol. The minimum atomic E-state index is -3.29. The molecule has 0 aliphatic rings. The van der Waals surface area contributed by atoms with Crippen molar-refractivity contribution in [3.05, 3.63) is 0 Å². The Labute approximate surface area is 133 Å². The summed E-state index contributed by atoms with van der Waals surface area (Å²) in [6, 6.07) is -0.893. The Morgan fingerprint density at radius 2 is 1.64 bits per heavy atom. The zero-order valence-corrected chi connectivity index (χ0v) is 15.2. The highest BCUT2D eigenvalue weighted by atomic mass is 28.4. The molecule has 0 spiro atoms. The number of ether oxygens (including phenoxy) is 2. The summed E-state index contributed by atoms with van der Waals surface area (Å²) in [7, 11) is 2.16. The second-order valence-corrected chi connectivity index (χ2v) is 7.11. The van der Waals surface area contributed by atoms with Gasteiger partial charge in [0.2, 0.25) is 0 Å². The van der Waals surface area contributed by atoms with Crippen LogP contribution in [0.4, 0.5) is 0 Å². The van der Waals surface area contributed by atoms with Crippen LogP contribution in [0.5, 0.6) is 0 Å². The first-order valence-corrected chi connectivity index (χ1v) is 8.79. The predicted octanol–water partition coefficient (Wildman–Crippen LogP) is 0.568. The summed E-state index contributed by atoms with van der Waals surface area (Å²) in [6.07, 6.45) is 0.543. The van der Waals surface area contributed by atoms with Crippen molar-refractivity contribution in [2.75, 3.05) is 41.6 Å². The summed E-state index contributed by atoms with van der Waals surface area (Å²) in [5.74, 6) is -1.09. The first-order chi connectivity index (χ1) is 10.5. The highest BCUT2D eigenvalue weighted by Gasteiger charge is 2.52. The Kier molecular flexibility index (Phi) is 10.2. The van der Waals surface area contributed by atoms with E-state index in [-0.39, 0.29) is 6.42 Å². The van der Waals surface area contributed by atoms with Gasteiger partial charge >= 0.3 is 20.9 Å². The summed E-state index contributed by atoms with van der Waals surface area (Å²) >= 11 is 0. The molecule has 1 atom stereocenters. The molecule has 0 aliphatic carbocycles. The van der Waals surface area contributed by atoms with E-state index in [9.17, 15) is 9.59 Å². The maximum Gasteiger partial charge on any atom is 0.599 e. The SMILES string of the molecule is CCCN(C(CC(=O)OC)C(=O)OC)[Si](OC)(OC)OCC. The highest BCUT2D eigenvalue weighted by Crippen LogP contribution is 2.21. The fourth-order valence-electron chi connectivity index (χ4n) is 2.12. The van der Waals surface area contributed by atoms with Gasteiger partial charge in [0.15, 0.2) is 0 Å².